The third-order valence-electron chi connectivity index (χ3n) is 4.02. The van der Waals surface area contributed by atoms with E-state index in [1.807, 2.05) is 13.0 Å². The van der Waals surface area contributed by atoms with Crippen molar-refractivity contribution in [3.05, 3.63) is 69.3 Å². The molecule has 24 heavy (non-hydrogen) atoms. The highest BCUT2D eigenvalue weighted by Crippen LogP contribution is 2.22. The molecule has 2 aromatic rings. The zero-order valence-corrected chi connectivity index (χ0v) is 14.6. The molecule has 6 nitrogen and oxygen atoms in total. The molecule has 7 heteroatoms. The second-order valence-electron chi connectivity index (χ2n) is 5.76. The van der Waals surface area contributed by atoms with E-state index in [-0.39, 0.29) is 21.5 Å². The van der Waals surface area contributed by atoms with Gasteiger partial charge in [0.1, 0.15) is 0 Å². The van der Waals surface area contributed by atoms with E-state index in [4.69, 9.17) is 0 Å². The molecule has 0 aliphatic carbocycles. The number of nitrogens with zero attached hydrogens (tertiary/aromatic N) is 1. The van der Waals surface area contributed by atoms with Gasteiger partial charge in [-0.05, 0) is 37.1 Å². The van der Waals surface area contributed by atoms with Crippen molar-refractivity contribution in [2.24, 2.45) is 0 Å². The molecule has 0 saturated carbocycles. The highest BCUT2D eigenvalue weighted by Gasteiger charge is 2.14. The van der Waals surface area contributed by atoms with Crippen molar-refractivity contribution < 1.29 is 13.3 Å². The summed E-state index contributed by atoms with van der Waals surface area (Å²) < 4.78 is 23.0. The molecule has 2 aromatic carbocycles. The molecular formula is C17H20N2O4S. The van der Waals surface area contributed by atoms with Crippen LogP contribution in [0.25, 0.3) is 0 Å². The number of sulfone groups is 1. The van der Waals surface area contributed by atoms with E-state index in [9.17, 15) is 18.5 Å². The highest BCUT2D eigenvalue weighted by molar-refractivity contribution is 7.90. The van der Waals surface area contributed by atoms with E-state index in [0.29, 0.717) is 12.1 Å². The number of hydrogen-bond donors (Lipinski definition) is 1. The number of nitro groups is 1. The fourth-order valence-electron chi connectivity index (χ4n) is 2.44. The lowest BCUT2D eigenvalue weighted by Crippen LogP contribution is -2.19. The lowest BCUT2D eigenvalue weighted by atomic mass is 10.1. The van der Waals surface area contributed by atoms with Crippen LogP contribution in [0.5, 0.6) is 0 Å². The predicted octanol–water partition coefficient (Wildman–Crippen LogP) is 3.16. The van der Waals surface area contributed by atoms with Gasteiger partial charge < -0.3 is 5.32 Å². The van der Waals surface area contributed by atoms with E-state index in [0.717, 1.165) is 11.1 Å². The van der Waals surface area contributed by atoms with E-state index in [2.05, 4.69) is 5.32 Å². The molecule has 0 aliphatic rings. The molecule has 2 rings (SSSR count). The van der Waals surface area contributed by atoms with E-state index >= 15 is 0 Å². The van der Waals surface area contributed by atoms with Crippen molar-refractivity contribution >= 4 is 15.5 Å². The highest BCUT2D eigenvalue weighted by atomic mass is 32.2. The van der Waals surface area contributed by atoms with Crippen LogP contribution < -0.4 is 5.32 Å². The van der Waals surface area contributed by atoms with Crippen molar-refractivity contribution in [2.75, 3.05) is 6.26 Å². The van der Waals surface area contributed by atoms with Crippen molar-refractivity contribution in [3.63, 3.8) is 0 Å². The topological polar surface area (TPSA) is 89.3 Å². The smallest absolute Gasteiger partial charge is 0.272 e. The largest absolute Gasteiger partial charge is 0.306 e. The second-order valence-corrected chi connectivity index (χ2v) is 7.78. The van der Waals surface area contributed by atoms with E-state index in [1.165, 1.54) is 12.3 Å². The quantitative estimate of drug-likeness (QED) is 0.640. The molecule has 1 unspecified atom stereocenters. The Kier molecular flexibility index (Phi) is 5.36. The van der Waals surface area contributed by atoms with Crippen LogP contribution >= 0.6 is 0 Å². The van der Waals surface area contributed by atoms with Gasteiger partial charge in [-0.25, -0.2) is 8.42 Å². The van der Waals surface area contributed by atoms with Crippen LogP contribution in [0.2, 0.25) is 0 Å². The molecule has 0 aliphatic heterocycles. The normalized spacial score (nSPS) is 12.8. The number of rotatable bonds is 6. The monoisotopic (exact) mass is 348 g/mol. The molecule has 1 N–H and O–H groups in total. The third kappa shape index (κ3) is 4.18. The summed E-state index contributed by atoms with van der Waals surface area (Å²) in [4.78, 5) is 10.9. The molecule has 0 radical (unpaired) electrons. The van der Waals surface area contributed by atoms with Gasteiger partial charge in [0.15, 0.2) is 9.84 Å². The van der Waals surface area contributed by atoms with Crippen molar-refractivity contribution in [3.8, 4) is 0 Å². The Labute approximate surface area is 141 Å². The van der Waals surface area contributed by atoms with Crippen LogP contribution in [0, 0.1) is 17.0 Å². The Bertz CT molecular complexity index is 845. The van der Waals surface area contributed by atoms with Crippen LogP contribution in [0.15, 0.2) is 47.4 Å². The summed E-state index contributed by atoms with van der Waals surface area (Å²) in [5.74, 6) is 0. The summed E-state index contributed by atoms with van der Waals surface area (Å²) in [5.41, 5.74) is 2.57. The summed E-state index contributed by atoms with van der Waals surface area (Å²) in [6.07, 6.45) is 1.18. The number of nitrogens with one attached hydrogen (secondary N) is 1. The standard InChI is InChI=1S/C17H20N2O4S/c1-12-15(5-4-6-17(12)19(20)21)11-18-13(2)14-7-9-16(10-8-14)24(3,22)23/h4-10,13,18H,11H2,1-3H3. The molecule has 128 valence electrons. The minimum Gasteiger partial charge on any atom is -0.306 e. The SMILES string of the molecule is Cc1c(CNC(C)c2ccc(S(C)(=O)=O)cc2)cccc1[N+](=O)[O-]. The van der Waals surface area contributed by atoms with Crippen LogP contribution in [-0.4, -0.2) is 19.6 Å². The van der Waals surface area contributed by atoms with Gasteiger partial charge >= 0.3 is 0 Å². The van der Waals surface area contributed by atoms with Gasteiger partial charge in [-0.2, -0.15) is 0 Å². The lowest BCUT2D eigenvalue weighted by Gasteiger charge is -2.16. The fraction of sp³-hybridized carbons (Fsp3) is 0.294. The van der Waals surface area contributed by atoms with Gasteiger partial charge in [-0.3, -0.25) is 10.1 Å². The van der Waals surface area contributed by atoms with Crippen molar-refractivity contribution in [2.45, 2.75) is 31.3 Å². The summed E-state index contributed by atoms with van der Waals surface area (Å²) in [7, 11) is -3.20. The first kappa shape index (κ1) is 18.1. The number of nitro benzene ring substituents is 1. The van der Waals surface area contributed by atoms with Gasteiger partial charge in [0.25, 0.3) is 5.69 Å². The van der Waals surface area contributed by atoms with Gasteiger partial charge in [-0.1, -0.05) is 24.3 Å². The maximum Gasteiger partial charge on any atom is 0.272 e. The Hall–Kier alpha value is -2.25. The molecule has 0 fully saturated rings. The van der Waals surface area contributed by atoms with E-state index < -0.39 is 9.84 Å². The Balaban J connectivity index is 2.10. The second kappa shape index (κ2) is 7.11. The van der Waals surface area contributed by atoms with Crippen LogP contribution in [0.1, 0.15) is 29.7 Å². The van der Waals surface area contributed by atoms with Crippen LogP contribution in [-0.2, 0) is 16.4 Å². The summed E-state index contributed by atoms with van der Waals surface area (Å²) in [5, 5.41) is 14.3. The first-order valence-electron chi connectivity index (χ1n) is 7.46. The average Bonchev–Trinajstić information content (AvgIpc) is 2.52. The maximum atomic E-state index is 11.5. The van der Waals surface area contributed by atoms with Gasteiger partial charge in [0.05, 0.1) is 9.82 Å². The minimum atomic E-state index is -3.20. The minimum absolute atomic E-state index is 0.0164. The molecule has 0 amide bonds. The first-order chi connectivity index (χ1) is 11.2. The van der Waals surface area contributed by atoms with Gasteiger partial charge in [-0.15, -0.1) is 0 Å². The molecule has 0 aromatic heterocycles. The fourth-order valence-corrected chi connectivity index (χ4v) is 3.07. The Morgan fingerprint density at radius 3 is 2.33 bits per heavy atom. The summed E-state index contributed by atoms with van der Waals surface area (Å²) >= 11 is 0. The van der Waals surface area contributed by atoms with Gasteiger partial charge in [0, 0.05) is 30.5 Å². The summed E-state index contributed by atoms with van der Waals surface area (Å²) in [6.45, 7) is 4.19. The number of benzene rings is 2. The first-order valence-corrected chi connectivity index (χ1v) is 9.35. The summed E-state index contributed by atoms with van der Waals surface area (Å²) in [6, 6.07) is 11.7. The maximum absolute atomic E-state index is 11.5. The van der Waals surface area contributed by atoms with Crippen molar-refractivity contribution in [1.82, 2.24) is 5.32 Å². The Morgan fingerprint density at radius 2 is 1.79 bits per heavy atom. The van der Waals surface area contributed by atoms with Crippen LogP contribution in [0.3, 0.4) is 0 Å². The predicted molar refractivity (Wildman–Crippen MR) is 92.6 cm³/mol. The zero-order chi connectivity index (χ0) is 17.9. The average molecular weight is 348 g/mol. The van der Waals surface area contributed by atoms with Crippen LogP contribution in [0.4, 0.5) is 5.69 Å². The molecule has 0 spiro atoms. The van der Waals surface area contributed by atoms with E-state index in [1.54, 1.807) is 37.3 Å². The molecule has 0 heterocycles. The molecular weight excluding hydrogens is 328 g/mol. The number of hydrogen-bond acceptors (Lipinski definition) is 5. The molecule has 0 saturated heterocycles. The Morgan fingerprint density at radius 1 is 1.17 bits per heavy atom. The zero-order valence-electron chi connectivity index (χ0n) is 13.8. The van der Waals surface area contributed by atoms with Gasteiger partial charge in [0.2, 0.25) is 0 Å². The third-order valence-corrected chi connectivity index (χ3v) is 5.15. The molecule has 0 bridgehead atoms. The van der Waals surface area contributed by atoms with Crippen molar-refractivity contribution in [1.29, 1.82) is 0 Å². The molecule has 1 atom stereocenters. The lowest BCUT2D eigenvalue weighted by molar-refractivity contribution is -0.385.